The fourth-order valence-electron chi connectivity index (χ4n) is 4.81. The smallest absolute Gasteiger partial charge is 0.243 e. The molecule has 0 aromatic heterocycles. The molecule has 0 saturated carbocycles. The Morgan fingerprint density at radius 2 is 1.64 bits per heavy atom. The maximum Gasteiger partial charge on any atom is 0.243 e. The predicted octanol–water partition coefficient (Wildman–Crippen LogP) is 5.11. The summed E-state index contributed by atoms with van der Waals surface area (Å²) in [4.78, 5) is 29.2. The summed E-state index contributed by atoms with van der Waals surface area (Å²) in [5, 5.41) is 3.02. The summed E-state index contributed by atoms with van der Waals surface area (Å²) in [5.74, 6) is 0.233. The van der Waals surface area contributed by atoms with Crippen molar-refractivity contribution in [1.29, 1.82) is 0 Å². The number of sulfonamides is 1. The number of benzene rings is 3. The molecule has 8 nitrogen and oxygen atoms in total. The lowest BCUT2D eigenvalue weighted by Crippen LogP contribution is -2.50. The number of amides is 2. The van der Waals surface area contributed by atoms with Crippen molar-refractivity contribution < 1.29 is 22.7 Å². The largest absolute Gasteiger partial charge is 0.497 e. The Labute approximate surface area is 250 Å². The first kappa shape index (κ1) is 32.7. The molecule has 0 spiro atoms. The van der Waals surface area contributed by atoms with E-state index in [1.165, 1.54) is 10.6 Å². The number of rotatable bonds is 16. The van der Waals surface area contributed by atoms with Gasteiger partial charge < -0.3 is 15.0 Å². The highest BCUT2D eigenvalue weighted by Crippen LogP contribution is 2.22. The van der Waals surface area contributed by atoms with Crippen LogP contribution in [0.25, 0.3) is 0 Å². The van der Waals surface area contributed by atoms with Crippen molar-refractivity contribution >= 4 is 27.5 Å². The molecule has 0 unspecified atom stereocenters. The van der Waals surface area contributed by atoms with Crippen LogP contribution in [0.5, 0.6) is 5.75 Å². The zero-order valence-electron chi connectivity index (χ0n) is 25.1. The third kappa shape index (κ3) is 9.91. The highest BCUT2D eigenvalue weighted by atomic mass is 32.2. The summed E-state index contributed by atoms with van der Waals surface area (Å²) in [6.45, 7) is 4.85. The lowest BCUT2D eigenvalue weighted by atomic mass is 10.0. The quantitative estimate of drug-likeness (QED) is 0.233. The molecular formula is C33H43N3O5S. The number of hydrogen-bond acceptors (Lipinski definition) is 5. The van der Waals surface area contributed by atoms with Crippen LogP contribution < -0.4 is 14.4 Å². The SMILES string of the molecule is CCCCNC(=O)[C@H](Cc1ccccc1)N(Cc1cccc(OC)c1)C(=O)CCCN(c1cccc(C)c1)S(C)(=O)=O. The third-order valence-corrected chi connectivity index (χ3v) is 8.22. The van der Waals surface area contributed by atoms with E-state index in [1.807, 2.05) is 79.7 Å². The molecule has 0 radical (unpaired) electrons. The number of carbonyl (C=O) groups is 2. The third-order valence-electron chi connectivity index (χ3n) is 7.03. The van der Waals surface area contributed by atoms with Gasteiger partial charge in [-0.3, -0.25) is 13.9 Å². The first-order chi connectivity index (χ1) is 20.1. The number of anilines is 1. The van der Waals surface area contributed by atoms with E-state index < -0.39 is 16.1 Å². The molecule has 0 saturated heterocycles. The Balaban J connectivity index is 1.89. The average molecular weight is 594 g/mol. The van der Waals surface area contributed by atoms with Crippen LogP contribution in [0.2, 0.25) is 0 Å². The minimum Gasteiger partial charge on any atom is -0.497 e. The van der Waals surface area contributed by atoms with Gasteiger partial charge in [-0.25, -0.2) is 8.42 Å². The van der Waals surface area contributed by atoms with E-state index in [9.17, 15) is 18.0 Å². The molecule has 1 N–H and O–H groups in total. The van der Waals surface area contributed by atoms with Crippen LogP contribution in [0.3, 0.4) is 0 Å². The molecule has 0 heterocycles. The molecule has 0 aliphatic carbocycles. The Kier molecular flexibility index (Phi) is 12.4. The lowest BCUT2D eigenvalue weighted by Gasteiger charge is -2.32. The van der Waals surface area contributed by atoms with Gasteiger partial charge in [0.25, 0.3) is 0 Å². The standard InChI is InChI=1S/C33H43N3O5S/c1-5-6-20-34-33(38)31(24-27-14-8-7-9-15-27)35(25-28-16-11-18-30(23-28)41-3)32(37)19-12-21-36(42(4,39)40)29-17-10-13-26(2)22-29/h7-11,13-18,22-23,31H,5-6,12,19-21,24-25H2,1-4H3,(H,34,38)/t31-/m0/s1. The zero-order valence-corrected chi connectivity index (χ0v) is 25.9. The van der Waals surface area contributed by atoms with E-state index in [0.717, 1.165) is 29.5 Å². The predicted molar refractivity (Wildman–Crippen MR) is 168 cm³/mol. The number of nitrogens with zero attached hydrogens (tertiary/aromatic N) is 2. The van der Waals surface area contributed by atoms with Crippen LogP contribution in [-0.2, 0) is 32.6 Å². The topological polar surface area (TPSA) is 96.0 Å². The van der Waals surface area contributed by atoms with Gasteiger partial charge in [0.05, 0.1) is 19.1 Å². The normalized spacial score (nSPS) is 11.9. The molecule has 0 bridgehead atoms. The fraction of sp³-hybridized carbons (Fsp3) is 0.394. The molecule has 9 heteroatoms. The van der Waals surface area contributed by atoms with Crippen molar-refractivity contribution in [2.45, 2.75) is 58.5 Å². The van der Waals surface area contributed by atoms with E-state index in [0.29, 0.717) is 30.8 Å². The molecule has 3 rings (SSSR count). The van der Waals surface area contributed by atoms with Crippen LogP contribution in [-0.4, -0.2) is 57.6 Å². The van der Waals surface area contributed by atoms with Gasteiger partial charge >= 0.3 is 0 Å². The molecule has 3 aromatic carbocycles. The van der Waals surface area contributed by atoms with Gasteiger partial charge in [-0.2, -0.15) is 0 Å². The first-order valence-electron chi connectivity index (χ1n) is 14.4. The zero-order chi connectivity index (χ0) is 30.5. The summed E-state index contributed by atoms with van der Waals surface area (Å²) in [6, 6.07) is 23.6. The van der Waals surface area contributed by atoms with Crippen LogP contribution >= 0.6 is 0 Å². The van der Waals surface area contributed by atoms with E-state index >= 15 is 0 Å². The average Bonchev–Trinajstić information content (AvgIpc) is 2.97. The number of nitrogens with one attached hydrogen (secondary N) is 1. The molecule has 1 atom stereocenters. The highest BCUT2D eigenvalue weighted by Gasteiger charge is 2.30. The Hall–Kier alpha value is -3.85. The first-order valence-corrected chi connectivity index (χ1v) is 16.3. The molecule has 226 valence electrons. The molecule has 3 aromatic rings. The maximum atomic E-state index is 13.9. The molecule has 0 aliphatic heterocycles. The van der Waals surface area contributed by atoms with Crippen LogP contribution in [0.15, 0.2) is 78.9 Å². The summed E-state index contributed by atoms with van der Waals surface area (Å²) >= 11 is 0. The molecular weight excluding hydrogens is 550 g/mol. The number of ether oxygens (including phenoxy) is 1. The second kappa shape index (κ2) is 16.0. The van der Waals surface area contributed by atoms with Crippen LogP contribution in [0.1, 0.15) is 49.3 Å². The molecule has 0 fully saturated rings. The fourth-order valence-corrected chi connectivity index (χ4v) is 5.77. The number of carbonyl (C=O) groups excluding carboxylic acids is 2. The Morgan fingerprint density at radius 3 is 2.31 bits per heavy atom. The minimum absolute atomic E-state index is 0.0787. The van der Waals surface area contributed by atoms with E-state index in [1.54, 1.807) is 18.1 Å². The summed E-state index contributed by atoms with van der Waals surface area (Å²) in [7, 11) is -1.98. The van der Waals surface area contributed by atoms with Gasteiger partial charge in [-0.15, -0.1) is 0 Å². The monoisotopic (exact) mass is 593 g/mol. The van der Waals surface area contributed by atoms with E-state index in [-0.39, 0.29) is 31.3 Å². The van der Waals surface area contributed by atoms with Crippen molar-refractivity contribution in [2.75, 3.05) is 30.8 Å². The number of unbranched alkanes of at least 4 members (excludes halogenated alkanes) is 1. The summed E-state index contributed by atoms with van der Waals surface area (Å²) in [6.07, 6.45) is 3.68. The van der Waals surface area contributed by atoms with E-state index in [2.05, 4.69) is 12.2 Å². The van der Waals surface area contributed by atoms with Crippen molar-refractivity contribution in [1.82, 2.24) is 10.2 Å². The van der Waals surface area contributed by atoms with Gasteiger partial charge in [0, 0.05) is 32.5 Å². The number of hydrogen-bond donors (Lipinski definition) is 1. The second-order valence-corrected chi connectivity index (χ2v) is 12.4. The molecule has 2 amide bonds. The van der Waals surface area contributed by atoms with Gasteiger partial charge in [0.15, 0.2) is 0 Å². The Morgan fingerprint density at radius 1 is 0.929 bits per heavy atom. The van der Waals surface area contributed by atoms with Crippen molar-refractivity contribution in [2.24, 2.45) is 0 Å². The van der Waals surface area contributed by atoms with Gasteiger partial charge in [-0.1, -0.05) is 67.9 Å². The van der Waals surface area contributed by atoms with Gasteiger partial charge in [0.2, 0.25) is 21.8 Å². The van der Waals surface area contributed by atoms with Crippen molar-refractivity contribution in [3.05, 3.63) is 95.6 Å². The lowest BCUT2D eigenvalue weighted by molar-refractivity contribution is -0.141. The van der Waals surface area contributed by atoms with Crippen molar-refractivity contribution in [3.8, 4) is 5.75 Å². The second-order valence-electron chi connectivity index (χ2n) is 10.5. The minimum atomic E-state index is -3.56. The van der Waals surface area contributed by atoms with E-state index in [4.69, 9.17) is 4.74 Å². The summed E-state index contributed by atoms with van der Waals surface area (Å²) in [5.41, 5.74) is 3.29. The summed E-state index contributed by atoms with van der Waals surface area (Å²) < 4.78 is 32.0. The van der Waals surface area contributed by atoms with Gasteiger partial charge in [-0.05, 0) is 60.7 Å². The Bertz CT molecular complexity index is 1410. The molecule has 0 aliphatic rings. The van der Waals surface area contributed by atoms with Crippen LogP contribution in [0, 0.1) is 6.92 Å². The van der Waals surface area contributed by atoms with Gasteiger partial charge in [0.1, 0.15) is 11.8 Å². The maximum absolute atomic E-state index is 13.9. The molecule has 42 heavy (non-hydrogen) atoms. The van der Waals surface area contributed by atoms with Crippen molar-refractivity contribution in [3.63, 3.8) is 0 Å². The highest BCUT2D eigenvalue weighted by molar-refractivity contribution is 7.92. The number of methoxy groups -OCH3 is 1. The van der Waals surface area contributed by atoms with Crippen LogP contribution in [0.4, 0.5) is 5.69 Å². The number of aryl methyl sites for hydroxylation is 1.